The molecule has 1 aliphatic heterocycles. The molecule has 0 bridgehead atoms. The zero-order valence-corrected chi connectivity index (χ0v) is 11.8. The van der Waals surface area contributed by atoms with Gasteiger partial charge < -0.3 is 10.1 Å². The molecular weight excluding hydrogens is 252 g/mol. The van der Waals surface area contributed by atoms with E-state index in [9.17, 15) is 0 Å². The fourth-order valence-corrected chi connectivity index (χ4v) is 2.63. The van der Waals surface area contributed by atoms with Gasteiger partial charge in [-0.3, -0.25) is 5.10 Å². The molecule has 0 radical (unpaired) electrons. The van der Waals surface area contributed by atoms with Crippen molar-refractivity contribution in [3.8, 4) is 0 Å². The Morgan fingerprint density at radius 3 is 2.85 bits per heavy atom. The molecule has 0 amide bonds. The Labute approximate surface area is 118 Å². The van der Waals surface area contributed by atoms with Gasteiger partial charge in [0, 0.05) is 18.6 Å². The molecule has 2 heterocycles. The minimum atomic E-state index is -0.0346. The first-order chi connectivity index (χ1) is 9.74. The molecule has 3 rings (SSSR count). The average Bonchev–Trinajstić information content (AvgIpc) is 3.07. The first-order valence-electron chi connectivity index (χ1n) is 7.09. The van der Waals surface area contributed by atoms with Gasteiger partial charge >= 0.3 is 0 Å². The quantitative estimate of drug-likeness (QED) is 0.898. The number of aromatic amines is 1. The third-order valence-corrected chi connectivity index (χ3v) is 3.51. The number of rotatable bonds is 4. The van der Waals surface area contributed by atoms with Gasteiger partial charge in [0.25, 0.3) is 0 Å². The van der Waals surface area contributed by atoms with Crippen LogP contribution in [0.25, 0.3) is 0 Å². The van der Waals surface area contributed by atoms with E-state index in [4.69, 9.17) is 4.74 Å². The second-order valence-electron chi connectivity index (χ2n) is 5.44. The van der Waals surface area contributed by atoms with Crippen molar-refractivity contribution in [2.24, 2.45) is 0 Å². The molecular formula is C15H20N4O. The Morgan fingerprint density at radius 2 is 2.10 bits per heavy atom. The monoisotopic (exact) mass is 272 g/mol. The van der Waals surface area contributed by atoms with Crippen LogP contribution in [0.4, 0.5) is 5.95 Å². The lowest BCUT2D eigenvalue weighted by molar-refractivity contribution is 0.0974. The molecule has 20 heavy (non-hydrogen) atoms. The van der Waals surface area contributed by atoms with Crippen molar-refractivity contribution in [1.82, 2.24) is 15.2 Å². The number of nitrogens with one attached hydrogen (secondary N) is 2. The summed E-state index contributed by atoms with van der Waals surface area (Å²) in [5.41, 5.74) is 1.30. The number of nitrogens with zero attached hydrogens (tertiary/aromatic N) is 2. The molecule has 0 aliphatic carbocycles. The van der Waals surface area contributed by atoms with Crippen LogP contribution >= 0.6 is 0 Å². The minimum absolute atomic E-state index is 0.0346. The molecule has 5 heteroatoms. The van der Waals surface area contributed by atoms with Gasteiger partial charge in [0.15, 0.2) is 5.82 Å². The summed E-state index contributed by atoms with van der Waals surface area (Å²) >= 11 is 0. The Kier molecular flexibility index (Phi) is 3.69. The van der Waals surface area contributed by atoms with E-state index in [1.165, 1.54) is 5.56 Å². The highest BCUT2D eigenvalue weighted by Gasteiger charge is 2.33. The Morgan fingerprint density at radius 1 is 1.30 bits per heavy atom. The molecule has 5 nitrogen and oxygen atoms in total. The van der Waals surface area contributed by atoms with Crippen LogP contribution in [0.15, 0.2) is 30.3 Å². The van der Waals surface area contributed by atoms with Gasteiger partial charge in [-0.05, 0) is 25.8 Å². The predicted octanol–water partition coefficient (Wildman–Crippen LogP) is 2.87. The number of H-pyrrole nitrogens is 1. The van der Waals surface area contributed by atoms with Crippen LogP contribution in [0.3, 0.4) is 0 Å². The highest BCUT2D eigenvalue weighted by molar-refractivity contribution is 5.27. The van der Waals surface area contributed by atoms with Gasteiger partial charge in [-0.25, -0.2) is 0 Å². The number of ether oxygens (including phenoxy) is 1. The molecule has 0 saturated carbocycles. The molecule has 1 aromatic heterocycles. The molecule has 2 N–H and O–H groups in total. The first kappa shape index (κ1) is 13.1. The Bertz CT molecular complexity index is 552. The van der Waals surface area contributed by atoms with E-state index in [0.29, 0.717) is 17.9 Å². The van der Waals surface area contributed by atoms with E-state index in [0.717, 1.165) is 18.9 Å². The largest absolute Gasteiger partial charge is 0.370 e. The highest BCUT2D eigenvalue weighted by Crippen LogP contribution is 2.40. The van der Waals surface area contributed by atoms with Crippen molar-refractivity contribution < 1.29 is 4.74 Å². The predicted molar refractivity (Wildman–Crippen MR) is 77.6 cm³/mol. The molecule has 0 unspecified atom stereocenters. The molecule has 1 aliphatic rings. The van der Waals surface area contributed by atoms with Gasteiger partial charge in [0.1, 0.15) is 6.10 Å². The van der Waals surface area contributed by atoms with E-state index in [2.05, 4.69) is 58.6 Å². The van der Waals surface area contributed by atoms with E-state index in [-0.39, 0.29) is 6.10 Å². The molecule has 2 atom stereocenters. The van der Waals surface area contributed by atoms with Gasteiger partial charge in [-0.2, -0.15) is 4.98 Å². The van der Waals surface area contributed by atoms with Crippen molar-refractivity contribution in [3.05, 3.63) is 41.7 Å². The minimum Gasteiger partial charge on any atom is -0.370 e. The van der Waals surface area contributed by atoms with E-state index in [1.54, 1.807) is 0 Å². The number of hydrogen-bond acceptors (Lipinski definition) is 4. The molecule has 106 valence electrons. The van der Waals surface area contributed by atoms with Crippen molar-refractivity contribution >= 4 is 5.95 Å². The lowest BCUT2D eigenvalue weighted by atomic mass is 9.92. The molecule has 0 spiro atoms. The lowest BCUT2D eigenvalue weighted by Crippen LogP contribution is -2.11. The van der Waals surface area contributed by atoms with Crippen LogP contribution in [0.5, 0.6) is 0 Å². The van der Waals surface area contributed by atoms with Gasteiger partial charge in [0.2, 0.25) is 5.95 Å². The zero-order chi connectivity index (χ0) is 13.9. The van der Waals surface area contributed by atoms with E-state index in [1.807, 2.05) is 6.07 Å². The van der Waals surface area contributed by atoms with Crippen molar-refractivity contribution in [2.75, 3.05) is 11.9 Å². The van der Waals surface area contributed by atoms with Crippen molar-refractivity contribution in [3.63, 3.8) is 0 Å². The van der Waals surface area contributed by atoms with Gasteiger partial charge in [-0.15, -0.1) is 5.10 Å². The fourth-order valence-electron chi connectivity index (χ4n) is 2.63. The summed E-state index contributed by atoms with van der Waals surface area (Å²) in [7, 11) is 0. The van der Waals surface area contributed by atoms with E-state index < -0.39 is 0 Å². The maximum Gasteiger partial charge on any atom is 0.242 e. The molecule has 1 saturated heterocycles. The maximum atomic E-state index is 5.86. The van der Waals surface area contributed by atoms with Crippen LogP contribution in [0.2, 0.25) is 0 Å². The molecule has 1 aromatic carbocycles. The van der Waals surface area contributed by atoms with Crippen LogP contribution in [-0.4, -0.2) is 27.8 Å². The summed E-state index contributed by atoms with van der Waals surface area (Å²) in [5, 5.41) is 10.4. The normalized spacial score (nSPS) is 22.4. The fraction of sp³-hybridized carbons (Fsp3) is 0.467. The number of benzene rings is 1. The maximum absolute atomic E-state index is 5.86. The second kappa shape index (κ2) is 5.63. The number of anilines is 1. The topological polar surface area (TPSA) is 62.8 Å². The summed E-state index contributed by atoms with van der Waals surface area (Å²) in [4.78, 5) is 4.51. The highest BCUT2D eigenvalue weighted by atomic mass is 16.5. The molecule has 2 aromatic rings. The van der Waals surface area contributed by atoms with Gasteiger partial charge in [-0.1, -0.05) is 30.3 Å². The number of hydrogen-bond donors (Lipinski definition) is 2. The van der Waals surface area contributed by atoms with Crippen molar-refractivity contribution in [2.45, 2.75) is 38.3 Å². The zero-order valence-electron chi connectivity index (χ0n) is 11.8. The summed E-state index contributed by atoms with van der Waals surface area (Å²) in [6.07, 6.45) is 0.982. The first-order valence-corrected chi connectivity index (χ1v) is 7.09. The number of aromatic nitrogens is 3. The van der Waals surface area contributed by atoms with Crippen molar-refractivity contribution in [1.29, 1.82) is 0 Å². The smallest absolute Gasteiger partial charge is 0.242 e. The van der Waals surface area contributed by atoms with E-state index >= 15 is 0 Å². The summed E-state index contributed by atoms with van der Waals surface area (Å²) < 4.78 is 5.86. The SMILES string of the molecule is CC(C)Nc1n[nH]c([C@@H]2OCC[C@@H]2c2ccccc2)n1. The standard InChI is InChI=1S/C15H20N4O/c1-10(2)16-15-17-14(18-19-15)13-12(8-9-20-13)11-6-4-3-5-7-11/h3-7,10,12-13H,8-9H2,1-2H3,(H2,16,17,18,19)/t12-,13-/m1/s1. The average molecular weight is 272 g/mol. The molecule has 1 fully saturated rings. The Hall–Kier alpha value is -1.88. The second-order valence-corrected chi connectivity index (χ2v) is 5.44. The van der Waals surface area contributed by atoms with Crippen LogP contribution in [0.1, 0.15) is 43.7 Å². The summed E-state index contributed by atoms with van der Waals surface area (Å²) in [6, 6.07) is 10.8. The third kappa shape index (κ3) is 2.67. The van der Waals surface area contributed by atoms with Crippen LogP contribution < -0.4 is 5.32 Å². The van der Waals surface area contributed by atoms with Crippen LogP contribution in [0, 0.1) is 0 Å². The Balaban J connectivity index is 1.80. The van der Waals surface area contributed by atoms with Gasteiger partial charge in [0.05, 0.1) is 0 Å². The summed E-state index contributed by atoms with van der Waals surface area (Å²) in [5.74, 6) is 1.79. The lowest BCUT2D eigenvalue weighted by Gasteiger charge is -2.16. The summed E-state index contributed by atoms with van der Waals surface area (Å²) in [6.45, 7) is 4.89. The third-order valence-electron chi connectivity index (χ3n) is 3.51. The van der Waals surface area contributed by atoms with Crippen LogP contribution in [-0.2, 0) is 4.74 Å².